The number of hydrogen-bond donors (Lipinski definition) is 0. The third-order valence-electron chi connectivity index (χ3n) is 7.65. The van der Waals surface area contributed by atoms with E-state index in [-0.39, 0.29) is 28.1 Å². The standard InChI is InChI=1S/C22H27BrO3/c1-20(2)8-6-9-21(3)18(19(24)14-7-10-22(14,20)21)13-11-16(25-4)17(26-5)12-15(13)23/h7,10-12,14,18H,6,8-9H2,1-5H3/t14-,18-,21-,22-/m1/s1. The van der Waals surface area contributed by atoms with E-state index < -0.39 is 0 Å². The van der Waals surface area contributed by atoms with E-state index in [1.54, 1.807) is 14.2 Å². The highest BCUT2D eigenvalue weighted by atomic mass is 79.9. The average Bonchev–Trinajstić information content (AvgIpc) is 2.67. The van der Waals surface area contributed by atoms with Crippen molar-refractivity contribution in [1.29, 1.82) is 0 Å². The number of rotatable bonds is 3. The Morgan fingerprint density at radius 3 is 2.31 bits per heavy atom. The number of carbonyl (C=O) groups excluding carboxylic acids is 1. The summed E-state index contributed by atoms with van der Waals surface area (Å²) in [4.78, 5) is 13.6. The van der Waals surface area contributed by atoms with Gasteiger partial charge in [0.1, 0.15) is 5.78 Å². The van der Waals surface area contributed by atoms with Gasteiger partial charge in [0.15, 0.2) is 11.5 Å². The Hall–Kier alpha value is -1.29. The van der Waals surface area contributed by atoms with Gasteiger partial charge in [0.2, 0.25) is 0 Å². The molecule has 0 saturated heterocycles. The summed E-state index contributed by atoms with van der Waals surface area (Å²) < 4.78 is 11.9. The first-order valence-corrected chi connectivity index (χ1v) is 10.2. The lowest BCUT2D eigenvalue weighted by Crippen LogP contribution is -2.56. The lowest BCUT2D eigenvalue weighted by Gasteiger charge is -2.62. The molecule has 0 aromatic heterocycles. The maximum Gasteiger partial charge on any atom is 0.161 e. The Morgan fingerprint density at radius 1 is 1.08 bits per heavy atom. The Bertz CT molecular complexity index is 812. The second-order valence-corrected chi connectivity index (χ2v) is 9.78. The summed E-state index contributed by atoms with van der Waals surface area (Å²) in [5.41, 5.74) is 1.05. The predicted molar refractivity (Wildman–Crippen MR) is 106 cm³/mol. The van der Waals surface area contributed by atoms with Crippen LogP contribution in [0.5, 0.6) is 11.5 Å². The molecule has 1 spiro atoms. The van der Waals surface area contributed by atoms with Crippen LogP contribution < -0.4 is 9.47 Å². The lowest BCUT2D eigenvalue weighted by molar-refractivity contribution is -0.123. The van der Waals surface area contributed by atoms with Gasteiger partial charge in [-0.1, -0.05) is 55.3 Å². The van der Waals surface area contributed by atoms with Gasteiger partial charge in [0.05, 0.1) is 20.1 Å². The fraction of sp³-hybridized carbons (Fsp3) is 0.591. The quantitative estimate of drug-likeness (QED) is 0.605. The van der Waals surface area contributed by atoms with Gasteiger partial charge in [-0.25, -0.2) is 0 Å². The molecular formula is C22H27BrO3. The molecule has 0 unspecified atom stereocenters. The molecule has 0 aliphatic heterocycles. The Kier molecular flexibility index (Phi) is 3.90. The van der Waals surface area contributed by atoms with Crippen molar-refractivity contribution in [3.8, 4) is 11.5 Å². The molecule has 0 amide bonds. The SMILES string of the molecule is COc1cc(Br)c([C@@H]2C(=O)[C@H]3C=C[C@]34C(C)(C)CCC[C@]24C)cc1OC. The summed E-state index contributed by atoms with van der Waals surface area (Å²) in [5, 5.41) is 0. The van der Waals surface area contributed by atoms with E-state index in [1.165, 1.54) is 12.8 Å². The molecule has 3 aliphatic carbocycles. The Morgan fingerprint density at radius 2 is 1.73 bits per heavy atom. The number of methoxy groups -OCH3 is 2. The van der Waals surface area contributed by atoms with Crippen LogP contribution in [0.3, 0.4) is 0 Å². The highest BCUT2D eigenvalue weighted by Gasteiger charge is 2.73. The molecule has 4 atom stereocenters. The van der Waals surface area contributed by atoms with Crippen LogP contribution in [-0.2, 0) is 4.79 Å². The Balaban J connectivity index is 1.90. The highest BCUT2D eigenvalue weighted by molar-refractivity contribution is 9.10. The van der Waals surface area contributed by atoms with E-state index in [0.717, 1.165) is 16.5 Å². The first-order valence-electron chi connectivity index (χ1n) is 9.38. The summed E-state index contributed by atoms with van der Waals surface area (Å²) >= 11 is 3.71. The van der Waals surface area contributed by atoms with Crippen molar-refractivity contribution < 1.29 is 14.3 Å². The van der Waals surface area contributed by atoms with Gasteiger partial charge in [-0.15, -0.1) is 0 Å². The van der Waals surface area contributed by atoms with Crippen molar-refractivity contribution in [2.24, 2.45) is 22.2 Å². The molecule has 140 valence electrons. The van der Waals surface area contributed by atoms with Crippen molar-refractivity contribution in [2.45, 2.75) is 46.0 Å². The van der Waals surface area contributed by atoms with Crippen LogP contribution in [0.15, 0.2) is 28.8 Å². The normalized spacial score (nSPS) is 36.9. The summed E-state index contributed by atoms with van der Waals surface area (Å²) in [5.74, 6) is 1.62. The van der Waals surface area contributed by atoms with Crippen molar-refractivity contribution in [3.63, 3.8) is 0 Å². The van der Waals surface area contributed by atoms with Crippen molar-refractivity contribution in [3.05, 3.63) is 34.3 Å². The lowest BCUT2D eigenvalue weighted by atomic mass is 9.41. The number of allylic oxidation sites excluding steroid dienone is 2. The molecule has 3 nitrogen and oxygen atoms in total. The first kappa shape index (κ1) is 18.1. The summed E-state index contributed by atoms with van der Waals surface area (Å²) in [7, 11) is 3.28. The molecular weight excluding hydrogens is 392 g/mol. The molecule has 26 heavy (non-hydrogen) atoms. The molecule has 4 heteroatoms. The monoisotopic (exact) mass is 418 g/mol. The minimum atomic E-state index is -0.128. The molecule has 0 N–H and O–H groups in total. The second-order valence-electron chi connectivity index (χ2n) is 8.92. The number of hydrogen-bond acceptors (Lipinski definition) is 3. The first-order chi connectivity index (χ1) is 12.2. The maximum atomic E-state index is 13.6. The molecule has 0 bridgehead atoms. The third kappa shape index (κ3) is 1.92. The van der Waals surface area contributed by atoms with E-state index in [9.17, 15) is 4.79 Å². The zero-order valence-corrected chi connectivity index (χ0v) is 17.8. The van der Waals surface area contributed by atoms with E-state index in [0.29, 0.717) is 17.3 Å². The fourth-order valence-electron chi connectivity index (χ4n) is 6.44. The number of carbonyl (C=O) groups is 1. The predicted octanol–water partition coefficient (Wildman–Crippen LogP) is 5.52. The highest BCUT2D eigenvalue weighted by Crippen LogP contribution is 2.77. The number of benzene rings is 1. The number of ether oxygens (including phenoxy) is 2. The van der Waals surface area contributed by atoms with Crippen molar-refractivity contribution >= 4 is 21.7 Å². The van der Waals surface area contributed by atoms with Gasteiger partial charge in [0.25, 0.3) is 0 Å². The van der Waals surface area contributed by atoms with Gasteiger partial charge in [-0.2, -0.15) is 0 Å². The third-order valence-corrected chi connectivity index (χ3v) is 8.33. The van der Waals surface area contributed by atoms with E-state index in [2.05, 4.69) is 48.9 Å². The van der Waals surface area contributed by atoms with Gasteiger partial charge in [-0.05, 0) is 41.4 Å². The van der Waals surface area contributed by atoms with Gasteiger partial charge < -0.3 is 9.47 Å². The van der Waals surface area contributed by atoms with Crippen molar-refractivity contribution in [1.82, 2.24) is 0 Å². The molecule has 3 aliphatic rings. The molecule has 0 radical (unpaired) electrons. The van der Waals surface area contributed by atoms with Crippen LogP contribution in [0.1, 0.15) is 51.5 Å². The number of halogens is 1. The second kappa shape index (κ2) is 5.60. The van der Waals surface area contributed by atoms with Crippen LogP contribution in [0.2, 0.25) is 0 Å². The van der Waals surface area contributed by atoms with Crippen molar-refractivity contribution in [2.75, 3.05) is 14.2 Å². The smallest absolute Gasteiger partial charge is 0.161 e. The number of Topliss-reactive ketones (excluding diaryl/α,β-unsaturated/α-hetero) is 1. The summed E-state index contributed by atoms with van der Waals surface area (Å²) in [6.45, 7) is 7.03. The van der Waals surface area contributed by atoms with Crippen LogP contribution in [0.25, 0.3) is 0 Å². The molecule has 2 fully saturated rings. The van der Waals surface area contributed by atoms with Gasteiger partial charge >= 0.3 is 0 Å². The summed E-state index contributed by atoms with van der Waals surface area (Å²) in [6, 6.07) is 3.93. The van der Waals surface area contributed by atoms with Gasteiger partial charge in [-0.3, -0.25) is 4.79 Å². The van der Waals surface area contributed by atoms with Gasteiger partial charge in [0, 0.05) is 15.8 Å². The van der Waals surface area contributed by atoms with Crippen LogP contribution in [0, 0.1) is 22.2 Å². The number of ketones is 1. The van der Waals surface area contributed by atoms with E-state index in [4.69, 9.17) is 9.47 Å². The van der Waals surface area contributed by atoms with E-state index >= 15 is 0 Å². The zero-order valence-electron chi connectivity index (χ0n) is 16.2. The summed E-state index contributed by atoms with van der Waals surface area (Å²) in [6.07, 6.45) is 7.91. The largest absolute Gasteiger partial charge is 0.493 e. The molecule has 1 aromatic rings. The molecule has 1 aromatic carbocycles. The Labute approximate surface area is 164 Å². The minimum absolute atomic E-state index is 0.0350. The molecule has 2 saturated carbocycles. The van der Waals surface area contributed by atoms with E-state index in [1.807, 2.05) is 12.1 Å². The molecule has 4 rings (SSSR count). The average molecular weight is 419 g/mol. The zero-order chi connectivity index (χ0) is 18.9. The van der Waals surface area contributed by atoms with Crippen LogP contribution in [-0.4, -0.2) is 20.0 Å². The maximum absolute atomic E-state index is 13.6. The topological polar surface area (TPSA) is 35.5 Å². The van der Waals surface area contributed by atoms with Crippen LogP contribution in [0.4, 0.5) is 0 Å². The fourth-order valence-corrected chi connectivity index (χ4v) is 7.00. The molecule has 0 heterocycles. The minimum Gasteiger partial charge on any atom is -0.493 e. The van der Waals surface area contributed by atoms with Crippen LogP contribution >= 0.6 is 15.9 Å².